The average molecular weight is 372 g/mol. The topological polar surface area (TPSA) is 67.7 Å². The molecule has 7 heteroatoms. The second kappa shape index (κ2) is 5.92. The molecule has 4 rings (SSSR count). The molecule has 0 saturated carbocycles. The van der Waals surface area contributed by atoms with Crippen LogP contribution in [0.25, 0.3) is 0 Å². The lowest BCUT2D eigenvalue weighted by molar-refractivity contribution is -0.143. The molecular weight excluding hydrogens is 344 g/mol. The van der Waals surface area contributed by atoms with Gasteiger partial charge < -0.3 is 14.5 Å². The Morgan fingerprint density at radius 2 is 2.19 bits per heavy atom. The van der Waals surface area contributed by atoms with Gasteiger partial charge in [-0.05, 0) is 5.41 Å². The van der Waals surface area contributed by atoms with Gasteiger partial charge in [-0.1, -0.05) is 32.9 Å². The van der Waals surface area contributed by atoms with Gasteiger partial charge in [-0.25, -0.2) is 0 Å². The molecule has 4 heterocycles. The number of hydrogen-bond donors (Lipinski definition) is 0. The Balaban J connectivity index is 1.54. The van der Waals surface area contributed by atoms with Crippen molar-refractivity contribution in [1.29, 1.82) is 0 Å². The zero-order valence-corrected chi connectivity index (χ0v) is 16.7. The van der Waals surface area contributed by atoms with Gasteiger partial charge in [0, 0.05) is 38.9 Å². The Hall–Kier alpha value is -2.15. The van der Waals surface area contributed by atoms with E-state index < -0.39 is 17.4 Å². The van der Waals surface area contributed by atoms with Crippen LogP contribution in [-0.2, 0) is 27.9 Å². The largest absolute Gasteiger partial charge is 0.360 e. The number of fused-ring (bicyclic) bond motifs is 1. The minimum absolute atomic E-state index is 0.00324. The molecular formula is C20H28N4O3. The predicted octanol–water partition coefficient (Wildman–Crippen LogP) is 1.21. The Morgan fingerprint density at radius 1 is 1.44 bits per heavy atom. The molecule has 0 aliphatic carbocycles. The first-order valence-electron chi connectivity index (χ1n) is 9.48. The molecule has 2 amide bonds. The van der Waals surface area contributed by atoms with E-state index in [1.165, 1.54) is 0 Å². The van der Waals surface area contributed by atoms with Gasteiger partial charge >= 0.3 is 0 Å². The normalized spacial score (nSPS) is 31.7. The highest BCUT2D eigenvalue weighted by atomic mass is 16.5. The number of carbonyl (C=O) groups is 2. The molecule has 0 N–H and O–H groups in total. The van der Waals surface area contributed by atoms with Gasteiger partial charge in [0.1, 0.15) is 5.60 Å². The third-order valence-corrected chi connectivity index (χ3v) is 5.68. The van der Waals surface area contributed by atoms with Crippen molar-refractivity contribution in [3.05, 3.63) is 30.1 Å². The van der Waals surface area contributed by atoms with E-state index in [-0.39, 0.29) is 23.3 Å². The highest BCUT2D eigenvalue weighted by Crippen LogP contribution is 2.52. The lowest BCUT2D eigenvalue weighted by Crippen LogP contribution is -2.44. The summed E-state index contributed by atoms with van der Waals surface area (Å²) in [4.78, 5) is 30.0. The lowest BCUT2D eigenvalue weighted by atomic mass is 9.76. The first-order valence-corrected chi connectivity index (χ1v) is 9.48. The predicted molar refractivity (Wildman–Crippen MR) is 99.4 cm³/mol. The minimum atomic E-state index is -0.636. The molecule has 0 unspecified atom stereocenters. The fraction of sp³-hybridized carbons (Fsp3) is 0.650. The number of aryl methyl sites for hydroxylation is 1. The number of carbonyl (C=O) groups excluding carboxylic acids is 2. The molecule has 4 atom stereocenters. The van der Waals surface area contributed by atoms with Crippen LogP contribution in [0.15, 0.2) is 24.5 Å². The summed E-state index contributed by atoms with van der Waals surface area (Å²) in [5, 5.41) is 4.15. The number of ether oxygens (including phenoxy) is 1. The highest BCUT2D eigenvalue weighted by Gasteiger charge is 2.67. The molecule has 2 saturated heterocycles. The van der Waals surface area contributed by atoms with E-state index in [0.29, 0.717) is 19.6 Å². The van der Waals surface area contributed by atoms with Crippen LogP contribution in [0.3, 0.4) is 0 Å². The molecule has 2 bridgehead atoms. The molecule has 1 spiro atoms. The number of aromatic nitrogens is 2. The Labute approximate surface area is 159 Å². The molecule has 146 valence electrons. The number of likely N-dealkylation sites (tertiary alicyclic amines) is 1. The summed E-state index contributed by atoms with van der Waals surface area (Å²) < 4.78 is 7.92. The number of amides is 2. The first-order chi connectivity index (χ1) is 12.6. The summed E-state index contributed by atoms with van der Waals surface area (Å²) in [6.07, 6.45) is 7.32. The van der Waals surface area contributed by atoms with E-state index in [4.69, 9.17) is 4.74 Å². The molecule has 7 nitrogen and oxygen atoms in total. The summed E-state index contributed by atoms with van der Waals surface area (Å²) in [6, 6.07) is 0. The number of hydrogen-bond acceptors (Lipinski definition) is 4. The monoisotopic (exact) mass is 372 g/mol. The van der Waals surface area contributed by atoms with E-state index in [0.717, 1.165) is 5.56 Å². The summed E-state index contributed by atoms with van der Waals surface area (Å²) >= 11 is 0. The van der Waals surface area contributed by atoms with Crippen LogP contribution in [-0.4, -0.2) is 63.2 Å². The van der Waals surface area contributed by atoms with Gasteiger partial charge in [0.15, 0.2) is 0 Å². The van der Waals surface area contributed by atoms with E-state index >= 15 is 0 Å². The SMILES string of the molecule is CN(Cc1cnn(C)c1)C(=O)[C@@H]1[C@@H]2C=C[C@@]3(CN(CC(C)(C)C)C(=O)[C@H]13)O2. The molecule has 3 aliphatic rings. The van der Waals surface area contributed by atoms with E-state index in [1.54, 1.807) is 22.8 Å². The van der Waals surface area contributed by atoms with Crippen molar-refractivity contribution in [3.63, 3.8) is 0 Å². The summed E-state index contributed by atoms with van der Waals surface area (Å²) in [5.74, 6) is -0.858. The fourth-order valence-corrected chi connectivity index (χ4v) is 4.73. The first kappa shape index (κ1) is 18.2. The van der Waals surface area contributed by atoms with E-state index in [1.807, 2.05) is 30.3 Å². The van der Waals surface area contributed by atoms with Crippen molar-refractivity contribution in [2.75, 3.05) is 20.1 Å². The third kappa shape index (κ3) is 2.98. The molecule has 1 aromatic rings. The Kier molecular flexibility index (Phi) is 4.00. The summed E-state index contributed by atoms with van der Waals surface area (Å²) in [5.41, 5.74) is 0.334. The van der Waals surface area contributed by atoms with Gasteiger partial charge in [0.05, 0.1) is 30.7 Å². The quantitative estimate of drug-likeness (QED) is 0.745. The smallest absolute Gasteiger partial charge is 0.230 e. The zero-order chi connectivity index (χ0) is 19.6. The van der Waals surface area contributed by atoms with Crippen LogP contribution in [0.5, 0.6) is 0 Å². The fourth-order valence-electron chi connectivity index (χ4n) is 4.73. The van der Waals surface area contributed by atoms with Crippen LogP contribution in [0, 0.1) is 17.3 Å². The Morgan fingerprint density at radius 3 is 2.81 bits per heavy atom. The van der Waals surface area contributed by atoms with Gasteiger partial charge in [-0.2, -0.15) is 5.10 Å². The highest BCUT2D eigenvalue weighted by molar-refractivity contribution is 5.93. The van der Waals surface area contributed by atoms with Crippen molar-refractivity contribution >= 4 is 11.8 Å². The van der Waals surface area contributed by atoms with Crippen LogP contribution < -0.4 is 0 Å². The maximum Gasteiger partial charge on any atom is 0.230 e. The molecule has 27 heavy (non-hydrogen) atoms. The summed E-state index contributed by atoms with van der Waals surface area (Å²) in [6.45, 7) is 8.02. The van der Waals surface area contributed by atoms with Gasteiger partial charge in [-0.3, -0.25) is 14.3 Å². The lowest BCUT2D eigenvalue weighted by Gasteiger charge is -2.29. The van der Waals surface area contributed by atoms with Crippen LogP contribution in [0.1, 0.15) is 26.3 Å². The number of nitrogens with zero attached hydrogens (tertiary/aromatic N) is 4. The van der Waals surface area contributed by atoms with Gasteiger partial charge in [0.2, 0.25) is 11.8 Å². The minimum Gasteiger partial charge on any atom is -0.360 e. The Bertz CT molecular complexity index is 808. The van der Waals surface area contributed by atoms with Crippen LogP contribution in [0.2, 0.25) is 0 Å². The second-order valence-corrected chi connectivity index (χ2v) is 9.37. The van der Waals surface area contributed by atoms with Crippen LogP contribution >= 0.6 is 0 Å². The van der Waals surface area contributed by atoms with Crippen molar-refractivity contribution in [2.24, 2.45) is 24.3 Å². The van der Waals surface area contributed by atoms with Gasteiger partial charge in [0.25, 0.3) is 0 Å². The van der Waals surface area contributed by atoms with Gasteiger partial charge in [-0.15, -0.1) is 0 Å². The molecule has 3 aliphatic heterocycles. The van der Waals surface area contributed by atoms with Crippen LogP contribution in [0.4, 0.5) is 0 Å². The second-order valence-electron chi connectivity index (χ2n) is 9.37. The molecule has 0 aromatic carbocycles. The van der Waals surface area contributed by atoms with Crippen molar-refractivity contribution in [1.82, 2.24) is 19.6 Å². The molecule has 1 aromatic heterocycles. The van der Waals surface area contributed by atoms with E-state index in [2.05, 4.69) is 25.9 Å². The van der Waals surface area contributed by atoms with Crippen molar-refractivity contribution < 1.29 is 14.3 Å². The molecule has 0 radical (unpaired) electrons. The standard InChI is InChI=1S/C20H28N4O3/c1-19(2,3)11-24-12-20-7-6-14(27-20)15(16(20)18(24)26)17(25)22(4)9-13-8-21-23(5)10-13/h6-8,10,14-16H,9,11-12H2,1-5H3/t14-,15+,16-,20-/m0/s1. The number of rotatable bonds is 4. The van der Waals surface area contributed by atoms with Crippen molar-refractivity contribution in [3.8, 4) is 0 Å². The molecule has 2 fully saturated rings. The maximum atomic E-state index is 13.2. The van der Waals surface area contributed by atoms with E-state index in [9.17, 15) is 9.59 Å². The third-order valence-electron chi connectivity index (χ3n) is 5.68. The maximum absolute atomic E-state index is 13.2. The zero-order valence-electron chi connectivity index (χ0n) is 16.7. The average Bonchev–Trinajstić information content (AvgIpc) is 3.28. The van der Waals surface area contributed by atoms with Crippen molar-refractivity contribution in [2.45, 2.75) is 39.0 Å². The summed E-state index contributed by atoms with van der Waals surface area (Å²) in [7, 11) is 3.63.